The highest BCUT2D eigenvalue weighted by Gasteiger charge is 2.43. The van der Waals surface area contributed by atoms with Crippen LogP contribution >= 0.6 is 45.6 Å². The van der Waals surface area contributed by atoms with Gasteiger partial charge in [-0.25, -0.2) is 34.1 Å². The topological polar surface area (TPSA) is 504 Å². The Morgan fingerprint density at radius 2 is 0.785 bits per heavy atom. The lowest BCUT2D eigenvalue weighted by Crippen LogP contribution is -2.42. The average Bonchev–Trinajstić information content (AvgIpc) is 1.65. The smallest absolute Gasteiger partial charge is 0.416 e. The number of pyridine rings is 3. The molecule has 12 rings (SSSR count). The first kappa shape index (κ1) is 121. The number of nitrogens with two attached hydrogens (primary N) is 1. The molecule has 0 unspecified atom stereocenters. The SMILES string of the molecule is CC(C)(C)C(=O)CN.CC(C)(C)OC(=O)NCC(=O)CNC(=O)C(C)(C)C.CC(C)(C)OC(=O)NCC(=O)O.CC(C)(C)OC(=O)NCc1nnc(C(C)(C)C)s1.Cc1ccc([C@H]2C[C@@H]2COc2cc(Cl)nc(C)n2)nc1.Cc1ccc([C@H]2C[C@@H]2COc2cc(N(Cc3nnc(C(C)(C)C)s3)C(=O)OC(C)(C)C)nc(C)n2)nc1.Cc1ccc([C@H]2C[C@@H]2COc2cc(NCc3nnc(C(C)(C)C)s3)nc(C)n2)nc1. The summed E-state index contributed by atoms with van der Waals surface area (Å²) in [4.78, 5) is 132. The second kappa shape index (κ2) is 52.8. The highest BCUT2D eigenvalue weighted by molar-refractivity contribution is 7.12. The second-order valence-electron chi connectivity index (χ2n) is 44.3. The maximum atomic E-state index is 13.2. The molecule has 3 saturated carbocycles. The van der Waals surface area contributed by atoms with E-state index in [-0.39, 0.29) is 65.3 Å². The van der Waals surface area contributed by atoms with Gasteiger partial charge in [-0.1, -0.05) is 168 Å². The van der Waals surface area contributed by atoms with E-state index in [4.69, 9.17) is 55.6 Å². The summed E-state index contributed by atoms with van der Waals surface area (Å²) in [5, 5.41) is 52.2. The zero-order chi connectivity index (χ0) is 108. The Morgan fingerprint density at radius 1 is 0.424 bits per heavy atom. The summed E-state index contributed by atoms with van der Waals surface area (Å²) in [5.41, 5.74) is 8.76. The molecular weight excluding hydrogens is 1920 g/mol. The first-order valence-corrected chi connectivity index (χ1v) is 50.6. The third-order valence-corrected chi connectivity index (χ3v) is 24.1. The van der Waals surface area contributed by atoms with Crippen LogP contribution in [0.15, 0.2) is 73.2 Å². The molecule has 144 heavy (non-hydrogen) atoms. The predicted octanol–water partition coefficient (Wildman–Crippen LogP) is 18.8. The van der Waals surface area contributed by atoms with Crippen LogP contribution in [0.4, 0.5) is 30.8 Å². The molecular formula is C102H151ClN22O16S3. The number of carbonyl (C=O) groups excluding carboxylic acids is 7. The minimum atomic E-state index is -1.10. The number of amides is 5. The van der Waals surface area contributed by atoms with Crippen LogP contribution in [0.2, 0.25) is 5.15 Å². The number of carboxylic acid groups (broad SMARTS) is 1. The lowest BCUT2D eigenvalue weighted by Gasteiger charge is -2.26. The number of halogens is 1. The number of hydrogen-bond donors (Lipinski definition) is 7. The standard InChI is InChI=1S/C27H36N6O3S.C22H28N6OS.C15H16ClN3O.C13H24N2O4.C12H21N3O2S.C7H13NO4.C6H13NO/c1-16-9-10-20(28-13-16)19-11-18(19)15-35-22-12-21(29-17(2)30-22)33(25(34)36-27(6,7)8)14-23-31-32-24(37-23)26(3,4)5;1-13-6-7-17(23-10-13)16-8-15(16)12-29-19-9-18(25-14(2)26-19)24-11-20-27-28-21(30-20)22(3,4)5;1-9-3-4-13(17-7-9)12-5-11(12)8-20-15-6-14(16)18-10(2)19-15;1-12(2,3)10(17)14-7-9(16)8-15-11(18)19-13(4,5)6;1-11(2,3)9-15-14-8(18-9)7-13-10(16)17-12(4,5)6;1-7(2,3)12-6(11)8-4-5(9)10;1-6(2,3)5(8)4-7/h9-10,12-13,18-19H,11,14-15H2,1-8H3;6-7,9-10,15-16H,8,11-12H2,1-5H3,(H,24,25,26);3-4,6-7,11-12H,5,8H2,1-2H3;7-8H2,1-6H3,(H,14,17)(H,15,18);7H2,1-6H3,(H,13,16);4H2,1-3H3,(H,8,11)(H,9,10);4,7H2,1-3H3/t18-,19+;15-,16+;11-,12+;;;;/m111..../s1. The molecule has 0 aromatic carbocycles. The van der Waals surface area contributed by atoms with E-state index in [0.29, 0.717) is 120 Å². The van der Waals surface area contributed by atoms with E-state index in [1.807, 2.05) is 108 Å². The summed E-state index contributed by atoms with van der Waals surface area (Å²) >= 11 is 10.5. The van der Waals surface area contributed by atoms with Crippen LogP contribution in [0.1, 0.15) is 305 Å². The summed E-state index contributed by atoms with van der Waals surface area (Å²) in [6.07, 6.45) is 6.69. The van der Waals surface area contributed by atoms with Crippen molar-refractivity contribution in [1.29, 1.82) is 0 Å². The summed E-state index contributed by atoms with van der Waals surface area (Å²) in [7, 11) is 0. The number of aryl methyl sites for hydroxylation is 6. The Labute approximate surface area is 864 Å². The number of hydrogen-bond acceptors (Lipinski definition) is 35. The van der Waals surface area contributed by atoms with Crippen LogP contribution in [-0.2, 0) is 74.0 Å². The van der Waals surface area contributed by atoms with Gasteiger partial charge in [-0.2, -0.15) is 15.0 Å². The van der Waals surface area contributed by atoms with Crippen LogP contribution in [0, 0.1) is 70.1 Å². The fraction of sp³-hybridized carbons (Fsp3) is 0.598. The Bertz CT molecular complexity index is 5670. The van der Waals surface area contributed by atoms with Gasteiger partial charge in [0.15, 0.2) is 11.6 Å². The lowest BCUT2D eigenvalue weighted by atomic mass is 9.91. The maximum Gasteiger partial charge on any atom is 0.416 e. The normalized spacial score (nSPS) is 15.8. The molecule has 0 aliphatic heterocycles. The fourth-order valence-corrected chi connectivity index (χ4v) is 14.8. The van der Waals surface area contributed by atoms with Gasteiger partial charge in [-0.15, -0.1) is 30.6 Å². The van der Waals surface area contributed by atoms with Gasteiger partial charge in [0, 0.05) is 116 Å². The van der Waals surface area contributed by atoms with Crippen molar-refractivity contribution in [2.45, 2.75) is 324 Å². The number of alkyl carbamates (subject to hydrolysis) is 3. The van der Waals surface area contributed by atoms with Gasteiger partial charge < -0.3 is 70.6 Å². The zero-order valence-electron chi connectivity index (χ0n) is 90.0. The van der Waals surface area contributed by atoms with Crippen molar-refractivity contribution < 1.29 is 76.6 Å². The Hall–Kier alpha value is -11.8. The summed E-state index contributed by atoms with van der Waals surface area (Å²) in [6.45, 7) is 65.0. The number of rotatable bonds is 27. The molecule has 8 N–H and O–H groups in total. The summed E-state index contributed by atoms with van der Waals surface area (Å²) in [6, 6.07) is 17.8. The number of ether oxygens (including phenoxy) is 7. The number of carboxylic acids is 1. The molecule has 3 fully saturated rings. The van der Waals surface area contributed by atoms with Crippen LogP contribution in [0.25, 0.3) is 0 Å². The molecule has 6 atom stereocenters. The van der Waals surface area contributed by atoms with Crippen molar-refractivity contribution in [3.63, 3.8) is 0 Å². The van der Waals surface area contributed by atoms with Gasteiger partial charge in [-0.05, 0) is 179 Å². The molecule has 42 heteroatoms. The number of carbonyl (C=O) groups is 8. The Kier molecular flexibility index (Phi) is 44.3. The summed E-state index contributed by atoms with van der Waals surface area (Å²) < 4.78 is 38.3. The quantitative estimate of drug-likeness (QED) is 0.0186. The number of aliphatic carboxylic acids is 1. The van der Waals surface area contributed by atoms with Gasteiger partial charge in [0.25, 0.3) is 0 Å². The van der Waals surface area contributed by atoms with Crippen LogP contribution in [-0.4, -0.2) is 197 Å². The highest BCUT2D eigenvalue weighted by atomic mass is 35.5. The minimum Gasteiger partial charge on any atom is -0.480 e. The third-order valence-electron chi connectivity index (χ3n) is 19.9. The molecule has 0 spiro atoms. The van der Waals surface area contributed by atoms with Crippen LogP contribution < -0.4 is 51.4 Å². The van der Waals surface area contributed by atoms with E-state index >= 15 is 0 Å². The molecule has 790 valence electrons. The van der Waals surface area contributed by atoms with E-state index in [1.54, 1.807) is 99.6 Å². The predicted molar refractivity (Wildman–Crippen MR) is 557 cm³/mol. The van der Waals surface area contributed by atoms with Gasteiger partial charge >= 0.3 is 30.3 Å². The lowest BCUT2D eigenvalue weighted by molar-refractivity contribution is -0.136. The monoisotopic (exact) mass is 2070 g/mol. The first-order valence-electron chi connectivity index (χ1n) is 47.7. The van der Waals surface area contributed by atoms with Crippen molar-refractivity contribution in [1.82, 2.24) is 96.7 Å². The van der Waals surface area contributed by atoms with Gasteiger partial charge in [0.05, 0.1) is 59.1 Å². The number of aromatic nitrogens is 15. The molecule has 9 aromatic heterocycles. The van der Waals surface area contributed by atoms with E-state index < -0.39 is 64.7 Å². The number of nitrogens with zero attached hydrogens (tertiary/aromatic N) is 16. The zero-order valence-corrected chi connectivity index (χ0v) is 93.2. The minimum absolute atomic E-state index is 0.0111. The third kappa shape index (κ3) is 46.9. The van der Waals surface area contributed by atoms with Crippen LogP contribution in [0.5, 0.6) is 17.6 Å². The molecule has 0 saturated heterocycles. The Balaban J connectivity index is 0.000000269. The number of anilines is 2. The van der Waals surface area contributed by atoms with Crippen molar-refractivity contribution in [2.24, 2.45) is 34.3 Å². The van der Waals surface area contributed by atoms with Gasteiger partial charge in [0.1, 0.15) is 93.3 Å². The van der Waals surface area contributed by atoms with Crippen molar-refractivity contribution >= 4 is 105 Å². The molecule has 38 nitrogen and oxygen atoms in total. The van der Waals surface area contributed by atoms with Crippen molar-refractivity contribution in [2.75, 3.05) is 56.2 Å². The number of ketones is 2. The molecule has 3 aliphatic rings. The van der Waals surface area contributed by atoms with Gasteiger partial charge in [0.2, 0.25) is 23.5 Å². The number of nitrogens with one attached hydrogen (secondary N) is 5. The molecule has 9 aromatic rings. The van der Waals surface area contributed by atoms with E-state index in [2.05, 4.69) is 208 Å². The molecule has 9 heterocycles. The van der Waals surface area contributed by atoms with Gasteiger partial charge in [-0.3, -0.25) is 39.0 Å². The van der Waals surface area contributed by atoms with Crippen molar-refractivity contribution in [3.8, 4) is 17.6 Å². The first-order chi connectivity index (χ1) is 66.5. The highest BCUT2D eigenvalue weighted by Crippen LogP contribution is 2.49. The van der Waals surface area contributed by atoms with E-state index in [0.717, 1.165) is 72.8 Å². The fourth-order valence-electron chi connectivity index (χ4n) is 12.0. The molecule has 0 radical (unpaired) electrons. The average molecular weight is 2070 g/mol. The van der Waals surface area contributed by atoms with E-state index in [9.17, 15) is 38.4 Å². The van der Waals surface area contributed by atoms with Crippen molar-refractivity contribution in [3.05, 3.63) is 160 Å². The molecule has 0 bridgehead atoms. The second-order valence-corrected chi connectivity index (χ2v) is 47.9. The molecule has 5 amide bonds. The largest absolute Gasteiger partial charge is 0.480 e. The Morgan fingerprint density at radius 3 is 1.14 bits per heavy atom. The molecule has 3 aliphatic carbocycles. The summed E-state index contributed by atoms with van der Waals surface area (Å²) in [5.74, 6) is 5.80. The van der Waals surface area contributed by atoms with Crippen LogP contribution in [0.3, 0.4) is 0 Å². The maximum absolute atomic E-state index is 13.2. The van der Waals surface area contributed by atoms with E-state index in [1.165, 1.54) is 38.7 Å². The number of Topliss-reactive ketones (excluding diaryl/α,β-unsaturated/α-hetero) is 2.